The fraction of sp³-hybridized carbons (Fsp3) is 0.308. The Labute approximate surface area is 126 Å². The number of hydrogen-bond donors (Lipinski definition) is 1. The lowest BCUT2D eigenvalue weighted by molar-refractivity contribution is 0.623. The second-order valence-electron chi connectivity index (χ2n) is 4.07. The van der Waals surface area contributed by atoms with Crippen molar-refractivity contribution >= 4 is 39.9 Å². The Morgan fingerprint density at radius 2 is 2.17 bits per heavy atom. The predicted molar refractivity (Wildman–Crippen MR) is 84.1 cm³/mol. The highest BCUT2D eigenvalue weighted by molar-refractivity contribution is 14.1. The predicted octanol–water partition coefficient (Wildman–Crippen LogP) is 4.08. The van der Waals surface area contributed by atoms with Crippen LogP contribution in [0.1, 0.15) is 18.3 Å². The second kappa shape index (κ2) is 5.93. The molecule has 1 heterocycles. The molecule has 0 unspecified atom stereocenters. The van der Waals surface area contributed by atoms with Crippen molar-refractivity contribution in [2.45, 2.75) is 26.9 Å². The highest BCUT2D eigenvalue weighted by Gasteiger charge is 2.05. The number of benzene rings is 1. The number of nitrogens with zero attached hydrogens (tertiary/aromatic N) is 2. The molecule has 5 heteroatoms. The van der Waals surface area contributed by atoms with Crippen molar-refractivity contribution in [3.63, 3.8) is 0 Å². The molecular formula is C13H15ClIN3. The Balaban J connectivity index is 2.11. The summed E-state index contributed by atoms with van der Waals surface area (Å²) in [6.07, 6.45) is 0. The Morgan fingerprint density at radius 1 is 1.39 bits per heavy atom. The van der Waals surface area contributed by atoms with E-state index in [1.54, 1.807) is 0 Å². The van der Waals surface area contributed by atoms with Gasteiger partial charge in [-0.1, -0.05) is 11.6 Å². The van der Waals surface area contributed by atoms with Crippen LogP contribution in [0.4, 0.5) is 5.69 Å². The van der Waals surface area contributed by atoms with E-state index in [1.807, 2.05) is 29.8 Å². The van der Waals surface area contributed by atoms with E-state index in [0.29, 0.717) is 0 Å². The maximum absolute atomic E-state index is 5.94. The topological polar surface area (TPSA) is 29.9 Å². The standard InChI is InChI=1S/C13H15ClIN3/c1-3-18-11(6-9(2)17-18)8-16-13-5-4-10(14)7-12(13)15/h4-7,16H,3,8H2,1-2H3. The fourth-order valence-corrected chi connectivity index (χ4v) is 2.90. The molecule has 2 rings (SSSR count). The van der Waals surface area contributed by atoms with Crippen LogP contribution < -0.4 is 5.32 Å². The summed E-state index contributed by atoms with van der Waals surface area (Å²) < 4.78 is 3.14. The third kappa shape index (κ3) is 3.17. The van der Waals surface area contributed by atoms with Gasteiger partial charge in [-0.15, -0.1) is 0 Å². The molecule has 0 amide bonds. The van der Waals surface area contributed by atoms with Crippen LogP contribution >= 0.6 is 34.2 Å². The SMILES string of the molecule is CCn1nc(C)cc1CNc1ccc(Cl)cc1I. The van der Waals surface area contributed by atoms with Crippen LogP contribution in [0, 0.1) is 10.5 Å². The third-order valence-corrected chi connectivity index (χ3v) is 3.80. The van der Waals surface area contributed by atoms with Crippen LogP contribution in [0.25, 0.3) is 0 Å². The Morgan fingerprint density at radius 3 is 2.83 bits per heavy atom. The van der Waals surface area contributed by atoms with Gasteiger partial charge in [-0.2, -0.15) is 5.10 Å². The Bertz CT molecular complexity index is 551. The Hall–Kier alpha value is -0.750. The van der Waals surface area contributed by atoms with E-state index in [9.17, 15) is 0 Å². The van der Waals surface area contributed by atoms with E-state index < -0.39 is 0 Å². The van der Waals surface area contributed by atoms with Gasteiger partial charge in [-0.05, 0) is 60.7 Å². The normalized spacial score (nSPS) is 10.7. The molecule has 0 saturated heterocycles. The highest BCUT2D eigenvalue weighted by atomic mass is 127. The van der Waals surface area contributed by atoms with Gasteiger partial charge in [-0.25, -0.2) is 0 Å². The van der Waals surface area contributed by atoms with Gasteiger partial charge in [0.05, 0.1) is 17.9 Å². The average Bonchev–Trinajstić information content (AvgIpc) is 2.68. The lowest BCUT2D eigenvalue weighted by Gasteiger charge is -2.10. The molecule has 0 spiro atoms. The molecule has 0 fully saturated rings. The Kier molecular flexibility index (Phi) is 4.50. The number of halogens is 2. The molecule has 1 N–H and O–H groups in total. The number of aromatic nitrogens is 2. The molecule has 0 aliphatic rings. The van der Waals surface area contributed by atoms with Gasteiger partial charge < -0.3 is 5.32 Å². The van der Waals surface area contributed by atoms with E-state index in [1.165, 1.54) is 5.69 Å². The molecule has 1 aromatic carbocycles. The van der Waals surface area contributed by atoms with E-state index in [-0.39, 0.29) is 0 Å². The van der Waals surface area contributed by atoms with Crippen molar-refractivity contribution in [1.29, 1.82) is 0 Å². The first-order valence-electron chi connectivity index (χ1n) is 5.82. The molecule has 0 bridgehead atoms. The third-order valence-electron chi connectivity index (χ3n) is 2.68. The van der Waals surface area contributed by atoms with Gasteiger partial charge in [0.1, 0.15) is 0 Å². The highest BCUT2D eigenvalue weighted by Crippen LogP contribution is 2.22. The molecule has 2 aromatic rings. The number of rotatable bonds is 4. The smallest absolute Gasteiger partial charge is 0.0597 e. The number of anilines is 1. The molecule has 3 nitrogen and oxygen atoms in total. The molecule has 96 valence electrons. The van der Waals surface area contributed by atoms with E-state index >= 15 is 0 Å². The molecule has 0 radical (unpaired) electrons. The van der Waals surface area contributed by atoms with Crippen LogP contribution in [0.3, 0.4) is 0 Å². The first kappa shape index (κ1) is 13.7. The summed E-state index contributed by atoms with van der Waals surface area (Å²) in [4.78, 5) is 0. The fourth-order valence-electron chi connectivity index (χ4n) is 1.83. The molecule has 0 atom stereocenters. The van der Waals surface area contributed by atoms with Crippen molar-refractivity contribution in [2.24, 2.45) is 0 Å². The molecule has 0 aliphatic carbocycles. The summed E-state index contributed by atoms with van der Waals surface area (Å²) in [5.74, 6) is 0. The average molecular weight is 376 g/mol. The van der Waals surface area contributed by atoms with Crippen LogP contribution in [0.5, 0.6) is 0 Å². The summed E-state index contributed by atoms with van der Waals surface area (Å²) in [6, 6.07) is 7.96. The van der Waals surface area contributed by atoms with Gasteiger partial charge in [0.25, 0.3) is 0 Å². The largest absolute Gasteiger partial charge is 0.379 e. The first-order chi connectivity index (χ1) is 8.60. The van der Waals surface area contributed by atoms with Gasteiger partial charge in [0.2, 0.25) is 0 Å². The van der Waals surface area contributed by atoms with Crippen LogP contribution in [0.2, 0.25) is 5.02 Å². The van der Waals surface area contributed by atoms with Gasteiger partial charge in [0, 0.05) is 20.8 Å². The lowest BCUT2D eigenvalue weighted by Crippen LogP contribution is -2.08. The zero-order chi connectivity index (χ0) is 13.1. The monoisotopic (exact) mass is 375 g/mol. The van der Waals surface area contributed by atoms with Crippen LogP contribution in [-0.2, 0) is 13.1 Å². The minimum Gasteiger partial charge on any atom is -0.379 e. The molecule has 18 heavy (non-hydrogen) atoms. The zero-order valence-corrected chi connectivity index (χ0v) is 13.3. The van der Waals surface area contributed by atoms with Crippen LogP contribution in [0.15, 0.2) is 24.3 Å². The molecule has 1 aromatic heterocycles. The maximum Gasteiger partial charge on any atom is 0.0597 e. The minimum atomic E-state index is 0.763. The first-order valence-corrected chi connectivity index (χ1v) is 7.28. The summed E-state index contributed by atoms with van der Waals surface area (Å²) in [6.45, 7) is 5.78. The van der Waals surface area contributed by atoms with Gasteiger partial charge in [0.15, 0.2) is 0 Å². The minimum absolute atomic E-state index is 0.763. The summed E-state index contributed by atoms with van der Waals surface area (Å²) in [5.41, 5.74) is 3.35. The van der Waals surface area contributed by atoms with E-state index in [0.717, 1.165) is 33.1 Å². The van der Waals surface area contributed by atoms with Gasteiger partial charge in [-0.3, -0.25) is 4.68 Å². The summed E-state index contributed by atoms with van der Waals surface area (Å²) in [5, 5.41) is 8.61. The van der Waals surface area contributed by atoms with Crippen LogP contribution in [-0.4, -0.2) is 9.78 Å². The second-order valence-corrected chi connectivity index (χ2v) is 5.67. The molecule has 0 saturated carbocycles. The van der Waals surface area contributed by atoms with E-state index in [2.05, 4.69) is 46.0 Å². The van der Waals surface area contributed by atoms with Crippen molar-refractivity contribution in [2.75, 3.05) is 5.32 Å². The van der Waals surface area contributed by atoms with Gasteiger partial charge >= 0.3 is 0 Å². The molecular weight excluding hydrogens is 361 g/mol. The zero-order valence-electron chi connectivity index (χ0n) is 10.4. The summed E-state index contributed by atoms with van der Waals surface area (Å²) in [7, 11) is 0. The quantitative estimate of drug-likeness (QED) is 0.816. The van der Waals surface area contributed by atoms with Crippen molar-refractivity contribution in [1.82, 2.24) is 9.78 Å². The van der Waals surface area contributed by atoms with Crippen molar-refractivity contribution in [3.05, 3.63) is 44.2 Å². The van der Waals surface area contributed by atoms with E-state index in [4.69, 9.17) is 11.6 Å². The number of hydrogen-bond acceptors (Lipinski definition) is 2. The number of aryl methyl sites for hydroxylation is 2. The number of nitrogens with one attached hydrogen (secondary N) is 1. The molecule has 0 aliphatic heterocycles. The van der Waals surface area contributed by atoms with Crippen molar-refractivity contribution < 1.29 is 0 Å². The maximum atomic E-state index is 5.94. The lowest BCUT2D eigenvalue weighted by atomic mass is 10.3. The summed E-state index contributed by atoms with van der Waals surface area (Å²) >= 11 is 8.22. The van der Waals surface area contributed by atoms with Crippen molar-refractivity contribution in [3.8, 4) is 0 Å².